The SMILES string of the molecule is CN(Cc1ccc(Cl)cc1)C(=O)c1cc2ccccc2cc1O. The Kier molecular flexibility index (Phi) is 4.22. The number of halogens is 1. The van der Waals surface area contributed by atoms with Gasteiger partial charge in [0.25, 0.3) is 5.91 Å². The fourth-order valence-electron chi connectivity index (χ4n) is 2.54. The maximum Gasteiger partial charge on any atom is 0.257 e. The van der Waals surface area contributed by atoms with Crippen LogP contribution < -0.4 is 0 Å². The van der Waals surface area contributed by atoms with Gasteiger partial charge in [-0.3, -0.25) is 4.79 Å². The highest BCUT2D eigenvalue weighted by Gasteiger charge is 2.17. The Bertz CT molecular complexity index is 859. The predicted octanol–water partition coefficient (Wildman–Crippen LogP) is 4.47. The average Bonchev–Trinajstić information content (AvgIpc) is 2.55. The number of aromatic hydroxyl groups is 1. The zero-order valence-electron chi connectivity index (χ0n) is 12.7. The lowest BCUT2D eigenvalue weighted by atomic mass is 10.0. The normalized spacial score (nSPS) is 10.7. The van der Waals surface area contributed by atoms with Gasteiger partial charge >= 0.3 is 0 Å². The molecule has 0 aromatic heterocycles. The molecule has 0 fully saturated rings. The van der Waals surface area contributed by atoms with Crippen LogP contribution in [0.3, 0.4) is 0 Å². The van der Waals surface area contributed by atoms with Crippen LogP contribution in [0.15, 0.2) is 60.7 Å². The van der Waals surface area contributed by atoms with Gasteiger partial charge in [-0.1, -0.05) is 48.0 Å². The van der Waals surface area contributed by atoms with E-state index in [1.807, 2.05) is 36.4 Å². The van der Waals surface area contributed by atoms with Crippen LogP contribution in [-0.4, -0.2) is 23.0 Å². The molecule has 0 saturated heterocycles. The predicted molar refractivity (Wildman–Crippen MR) is 92.9 cm³/mol. The van der Waals surface area contributed by atoms with Gasteiger partial charge in [-0.2, -0.15) is 0 Å². The van der Waals surface area contributed by atoms with Crippen molar-refractivity contribution < 1.29 is 9.90 Å². The molecule has 116 valence electrons. The van der Waals surface area contributed by atoms with Gasteiger partial charge in [0, 0.05) is 18.6 Å². The number of benzene rings is 3. The molecule has 3 aromatic rings. The molecular formula is C19H16ClNO2. The molecule has 0 aliphatic rings. The van der Waals surface area contributed by atoms with Crippen molar-refractivity contribution in [3.63, 3.8) is 0 Å². The van der Waals surface area contributed by atoms with Crippen LogP contribution in [0.4, 0.5) is 0 Å². The van der Waals surface area contributed by atoms with Crippen LogP contribution in [0.2, 0.25) is 5.02 Å². The van der Waals surface area contributed by atoms with Gasteiger partial charge in [-0.25, -0.2) is 0 Å². The lowest BCUT2D eigenvalue weighted by molar-refractivity contribution is 0.0782. The van der Waals surface area contributed by atoms with Crippen molar-refractivity contribution in [2.45, 2.75) is 6.54 Å². The van der Waals surface area contributed by atoms with Crippen LogP contribution >= 0.6 is 11.6 Å². The monoisotopic (exact) mass is 325 g/mol. The molecule has 4 heteroatoms. The summed E-state index contributed by atoms with van der Waals surface area (Å²) in [6.45, 7) is 0.447. The summed E-state index contributed by atoms with van der Waals surface area (Å²) in [5, 5.41) is 12.7. The minimum atomic E-state index is -0.219. The van der Waals surface area contributed by atoms with Crippen molar-refractivity contribution in [3.8, 4) is 5.75 Å². The minimum absolute atomic E-state index is 0.00310. The van der Waals surface area contributed by atoms with E-state index in [0.29, 0.717) is 17.1 Å². The number of phenols is 1. The number of hydrogen-bond acceptors (Lipinski definition) is 2. The van der Waals surface area contributed by atoms with Gasteiger partial charge in [-0.15, -0.1) is 0 Å². The van der Waals surface area contributed by atoms with Crippen LogP contribution in [-0.2, 0) is 6.54 Å². The maximum absolute atomic E-state index is 12.6. The number of amides is 1. The van der Waals surface area contributed by atoms with Gasteiger partial charge in [0.05, 0.1) is 5.56 Å². The molecule has 0 unspecified atom stereocenters. The Balaban J connectivity index is 1.87. The first-order chi connectivity index (χ1) is 11.0. The van der Waals surface area contributed by atoms with E-state index in [1.165, 1.54) is 0 Å². The standard InChI is InChI=1S/C19H16ClNO2/c1-21(12-13-6-8-16(20)9-7-13)19(23)17-10-14-4-2-3-5-15(14)11-18(17)22/h2-11,22H,12H2,1H3. The fourth-order valence-corrected chi connectivity index (χ4v) is 2.67. The zero-order chi connectivity index (χ0) is 16.4. The van der Waals surface area contributed by atoms with E-state index >= 15 is 0 Å². The summed E-state index contributed by atoms with van der Waals surface area (Å²) < 4.78 is 0. The molecule has 0 saturated carbocycles. The molecule has 23 heavy (non-hydrogen) atoms. The highest BCUT2D eigenvalue weighted by Crippen LogP contribution is 2.26. The van der Waals surface area contributed by atoms with Crippen molar-refractivity contribution >= 4 is 28.3 Å². The van der Waals surface area contributed by atoms with E-state index in [2.05, 4.69) is 0 Å². The third-order valence-electron chi connectivity index (χ3n) is 3.77. The van der Waals surface area contributed by atoms with Crippen LogP contribution in [0.1, 0.15) is 15.9 Å². The highest BCUT2D eigenvalue weighted by atomic mass is 35.5. The lowest BCUT2D eigenvalue weighted by Crippen LogP contribution is -2.26. The third-order valence-corrected chi connectivity index (χ3v) is 4.03. The van der Waals surface area contributed by atoms with E-state index < -0.39 is 0 Å². The van der Waals surface area contributed by atoms with E-state index in [0.717, 1.165) is 16.3 Å². The largest absolute Gasteiger partial charge is 0.507 e. The van der Waals surface area contributed by atoms with E-state index in [1.54, 1.807) is 36.2 Å². The Morgan fingerprint density at radius 1 is 1.04 bits per heavy atom. The molecule has 0 spiro atoms. The summed E-state index contributed by atoms with van der Waals surface area (Å²) in [7, 11) is 1.71. The second kappa shape index (κ2) is 6.31. The number of nitrogens with zero attached hydrogens (tertiary/aromatic N) is 1. The second-order valence-electron chi connectivity index (χ2n) is 5.50. The molecule has 0 aliphatic heterocycles. The van der Waals surface area contributed by atoms with Crippen LogP contribution in [0.5, 0.6) is 5.75 Å². The molecular weight excluding hydrogens is 310 g/mol. The van der Waals surface area contributed by atoms with Crippen LogP contribution in [0, 0.1) is 0 Å². The summed E-state index contributed by atoms with van der Waals surface area (Å²) in [6, 6.07) is 18.3. The number of fused-ring (bicyclic) bond motifs is 1. The van der Waals surface area contributed by atoms with Gasteiger partial charge < -0.3 is 10.0 Å². The maximum atomic E-state index is 12.6. The van der Waals surface area contributed by atoms with E-state index in [9.17, 15) is 9.90 Å². The molecule has 1 N–H and O–H groups in total. The smallest absolute Gasteiger partial charge is 0.257 e. The summed E-state index contributed by atoms with van der Waals surface area (Å²) in [4.78, 5) is 14.2. The van der Waals surface area contributed by atoms with Gasteiger partial charge in [0.2, 0.25) is 0 Å². The first kappa shape index (κ1) is 15.4. The van der Waals surface area contributed by atoms with Crippen molar-refractivity contribution in [3.05, 3.63) is 76.8 Å². The lowest BCUT2D eigenvalue weighted by Gasteiger charge is -2.18. The summed E-state index contributed by atoms with van der Waals surface area (Å²) >= 11 is 5.87. The molecule has 0 bridgehead atoms. The van der Waals surface area contributed by atoms with Gasteiger partial charge in [0.15, 0.2) is 0 Å². The zero-order valence-corrected chi connectivity index (χ0v) is 13.4. The van der Waals surface area contributed by atoms with Gasteiger partial charge in [0.1, 0.15) is 5.75 Å². The minimum Gasteiger partial charge on any atom is -0.507 e. The molecule has 3 aromatic carbocycles. The number of hydrogen-bond donors (Lipinski definition) is 1. The summed E-state index contributed by atoms with van der Waals surface area (Å²) in [6.07, 6.45) is 0. The number of phenolic OH excluding ortho intramolecular Hbond substituents is 1. The first-order valence-corrected chi connectivity index (χ1v) is 7.64. The molecule has 3 nitrogen and oxygen atoms in total. The van der Waals surface area contributed by atoms with E-state index in [4.69, 9.17) is 11.6 Å². The summed E-state index contributed by atoms with van der Waals surface area (Å²) in [5.74, 6) is -0.222. The summed E-state index contributed by atoms with van der Waals surface area (Å²) in [5.41, 5.74) is 1.28. The topological polar surface area (TPSA) is 40.5 Å². The van der Waals surface area contributed by atoms with Crippen LogP contribution in [0.25, 0.3) is 10.8 Å². The highest BCUT2D eigenvalue weighted by molar-refractivity contribution is 6.30. The Hall–Kier alpha value is -2.52. The van der Waals surface area contributed by atoms with Crippen molar-refractivity contribution in [1.82, 2.24) is 4.90 Å². The molecule has 3 rings (SSSR count). The second-order valence-corrected chi connectivity index (χ2v) is 5.94. The third kappa shape index (κ3) is 3.30. The molecule has 0 radical (unpaired) electrons. The quantitative estimate of drug-likeness (QED) is 0.771. The Labute approximate surface area is 139 Å². The Morgan fingerprint density at radius 2 is 1.65 bits per heavy atom. The number of carbonyl (C=O) groups excluding carboxylic acids is 1. The number of rotatable bonds is 3. The molecule has 1 amide bonds. The van der Waals surface area contributed by atoms with Gasteiger partial charge in [-0.05, 0) is 40.6 Å². The van der Waals surface area contributed by atoms with E-state index in [-0.39, 0.29) is 11.7 Å². The fraction of sp³-hybridized carbons (Fsp3) is 0.105. The first-order valence-electron chi connectivity index (χ1n) is 7.26. The van der Waals surface area contributed by atoms with Crippen molar-refractivity contribution in [2.24, 2.45) is 0 Å². The van der Waals surface area contributed by atoms with Crippen molar-refractivity contribution in [2.75, 3.05) is 7.05 Å². The number of carbonyl (C=O) groups is 1. The molecule has 0 heterocycles. The van der Waals surface area contributed by atoms with Crippen molar-refractivity contribution in [1.29, 1.82) is 0 Å². The molecule has 0 aliphatic carbocycles. The Morgan fingerprint density at radius 3 is 2.30 bits per heavy atom. The average molecular weight is 326 g/mol. The molecule has 0 atom stereocenters.